The Morgan fingerprint density at radius 3 is 2.66 bits per heavy atom. The molecule has 2 N–H and O–H groups in total. The van der Waals surface area contributed by atoms with E-state index in [-0.39, 0.29) is 22.8 Å². The second kappa shape index (κ2) is 9.93. The molecular formula is C33H38F3N2O3+. The number of benzene rings is 2. The van der Waals surface area contributed by atoms with Crippen molar-refractivity contribution in [3.8, 4) is 5.75 Å². The molecule has 0 radical (unpaired) electrons. The summed E-state index contributed by atoms with van der Waals surface area (Å²) in [4.78, 5) is 13.2. The van der Waals surface area contributed by atoms with Gasteiger partial charge in [0.2, 0.25) is 0 Å². The third-order valence-electron chi connectivity index (χ3n) is 10.0. The minimum absolute atomic E-state index is 0.0591. The fraction of sp³-hybridized carbons (Fsp3) is 0.485. The van der Waals surface area contributed by atoms with Gasteiger partial charge in [-0.15, -0.1) is 0 Å². The molecule has 4 aliphatic rings. The molecule has 5 nitrogen and oxygen atoms in total. The van der Waals surface area contributed by atoms with Gasteiger partial charge in [0, 0.05) is 35.8 Å². The van der Waals surface area contributed by atoms with Gasteiger partial charge in [-0.3, -0.25) is 4.79 Å². The van der Waals surface area contributed by atoms with E-state index < -0.39 is 23.4 Å². The monoisotopic (exact) mass is 567 g/mol. The predicted octanol–water partition coefficient (Wildman–Crippen LogP) is 6.94. The van der Waals surface area contributed by atoms with E-state index >= 15 is 0 Å². The smallest absolute Gasteiger partial charge is 0.425 e. The highest BCUT2D eigenvalue weighted by atomic mass is 19.4. The molecule has 0 aromatic heterocycles. The van der Waals surface area contributed by atoms with Crippen molar-refractivity contribution < 1.29 is 32.3 Å². The summed E-state index contributed by atoms with van der Waals surface area (Å²) in [7, 11) is 0. The number of nitrogens with one attached hydrogen (secondary N) is 1. The van der Waals surface area contributed by atoms with Crippen LogP contribution >= 0.6 is 0 Å². The number of hydrogen-bond acceptors (Lipinski definition) is 3. The van der Waals surface area contributed by atoms with E-state index in [1.165, 1.54) is 29.8 Å². The van der Waals surface area contributed by atoms with Crippen molar-refractivity contribution in [3.63, 3.8) is 0 Å². The Hall–Kier alpha value is -3.26. The fourth-order valence-electron chi connectivity index (χ4n) is 8.79. The number of quaternary nitrogens is 1. The van der Waals surface area contributed by atoms with E-state index in [9.17, 15) is 23.1 Å². The number of hydrogen-bond donors (Lipinski definition) is 2. The first kappa shape index (κ1) is 27.9. The molecule has 2 aromatic carbocycles. The predicted molar refractivity (Wildman–Crippen MR) is 153 cm³/mol. The van der Waals surface area contributed by atoms with Gasteiger partial charge in [-0.2, -0.15) is 13.2 Å². The standard InChI is InChI=1S/C33H37F3N2O3/c1-4-16-38(19-20(2)3)17-15-32-23-11-8-12-26(32)41-30-24(14-13-22(27(30)32)18-25(23)38)37-31(40)28(33(34,35)36)29(39)21-9-6-5-7-10-21/h4-7,9-10,13-14,20,23,25-26H,1,8,11-12,15-19H2,2-3H3,(H-,37,39,40)/p+1/t23-,25+,26-,32+,38?/m0/s1. The Labute approximate surface area is 239 Å². The second-order valence-electron chi connectivity index (χ2n) is 12.7. The maximum Gasteiger partial charge on any atom is 0.425 e. The van der Waals surface area contributed by atoms with Gasteiger partial charge < -0.3 is 19.6 Å². The van der Waals surface area contributed by atoms with E-state index in [0.29, 0.717) is 23.6 Å². The van der Waals surface area contributed by atoms with Crippen LogP contribution in [0.3, 0.4) is 0 Å². The number of aliphatic hydroxyl groups is 1. The van der Waals surface area contributed by atoms with Gasteiger partial charge in [-0.05, 0) is 37.0 Å². The first-order chi connectivity index (χ1) is 19.5. The maximum atomic E-state index is 14.1. The SMILES string of the molecule is C=CC[N+]1(CC(C)C)CC[C@]23c4c5ccc(NC(=O)C(=C(O)c6ccccc6)C(F)(F)F)c4O[C@H]2CCC[C@H]3[C@H]1C5. The maximum absolute atomic E-state index is 14.1. The molecule has 2 aliphatic carbocycles. The lowest BCUT2D eigenvalue weighted by Crippen LogP contribution is -2.72. The lowest BCUT2D eigenvalue weighted by atomic mass is 9.51. The number of carbonyl (C=O) groups excluding carboxylic acids is 1. The van der Waals surface area contributed by atoms with Gasteiger partial charge >= 0.3 is 6.18 Å². The summed E-state index contributed by atoms with van der Waals surface area (Å²) in [5, 5.41) is 13.0. The van der Waals surface area contributed by atoms with Crippen molar-refractivity contribution in [2.45, 2.75) is 69.7 Å². The van der Waals surface area contributed by atoms with Gasteiger partial charge in [0.25, 0.3) is 5.91 Å². The van der Waals surface area contributed by atoms with Crippen LogP contribution in [-0.2, 0) is 16.6 Å². The van der Waals surface area contributed by atoms with E-state index in [1.54, 1.807) is 12.1 Å². The summed E-state index contributed by atoms with van der Waals surface area (Å²) in [5.74, 6) is -1.05. The minimum atomic E-state index is -5.06. The molecule has 1 saturated carbocycles. The van der Waals surface area contributed by atoms with Crippen LogP contribution < -0.4 is 10.1 Å². The molecule has 2 fully saturated rings. The number of anilines is 1. The number of piperidine rings is 1. The molecule has 2 aromatic rings. The zero-order chi connectivity index (χ0) is 29.2. The first-order valence-corrected chi connectivity index (χ1v) is 14.7. The van der Waals surface area contributed by atoms with Gasteiger partial charge in [-0.25, -0.2) is 0 Å². The highest BCUT2D eigenvalue weighted by molar-refractivity contribution is 6.09. The van der Waals surface area contributed by atoms with Crippen LogP contribution in [0.15, 0.2) is 60.7 Å². The van der Waals surface area contributed by atoms with Crippen molar-refractivity contribution in [2.75, 3.05) is 25.0 Å². The third kappa shape index (κ3) is 4.28. The molecule has 6 rings (SSSR count). The van der Waals surface area contributed by atoms with E-state index in [0.717, 1.165) is 61.8 Å². The number of rotatable bonds is 7. The molecule has 41 heavy (non-hydrogen) atoms. The van der Waals surface area contributed by atoms with E-state index in [4.69, 9.17) is 4.74 Å². The molecule has 1 spiro atoms. The lowest BCUT2D eigenvalue weighted by molar-refractivity contribution is -0.960. The molecule has 5 atom stereocenters. The lowest BCUT2D eigenvalue weighted by Gasteiger charge is -2.62. The zero-order valence-electron chi connectivity index (χ0n) is 23.6. The zero-order valence-corrected chi connectivity index (χ0v) is 23.6. The molecule has 8 heteroatoms. The fourth-order valence-corrected chi connectivity index (χ4v) is 8.79. The Morgan fingerprint density at radius 1 is 1.22 bits per heavy atom. The molecule has 1 unspecified atom stereocenters. The van der Waals surface area contributed by atoms with E-state index in [2.05, 4.69) is 31.8 Å². The normalized spacial score (nSPS) is 30.2. The van der Waals surface area contributed by atoms with Gasteiger partial charge in [0.15, 0.2) is 5.57 Å². The quantitative estimate of drug-likeness (QED) is 0.165. The molecule has 2 aliphatic heterocycles. The first-order valence-electron chi connectivity index (χ1n) is 14.7. The Morgan fingerprint density at radius 2 is 1.98 bits per heavy atom. The number of aliphatic hydroxyl groups excluding tert-OH is 1. The Bertz CT molecular complexity index is 1400. The summed E-state index contributed by atoms with van der Waals surface area (Å²) < 4.78 is 50.0. The van der Waals surface area contributed by atoms with Gasteiger partial charge in [-0.1, -0.05) is 56.8 Å². The van der Waals surface area contributed by atoms with Crippen LogP contribution in [0.2, 0.25) is 0 Å². The molecule has 218 valence electrons. The summed E-state index contributed by atoms with van der Waals surface area (Å²) in [6.45, 7) is 11.7. The van der Waals surface area contributed by atoms with Crippen LogP contribution in [-0.4, -0.2) is 53.5 Å². The number of carbonyl (C=O) groups is 1. The number of likely N-dealkylation sites (tertiary alicyclic amines) is 1. The van der Waals surface area contributed by atoms with Crippen LogP contribution in [0.25, 0.3) is 5.76 Å². The van der Waals surface area contributed by atoms with E-state index in [1.807, 2.05) is 6.07 Å². The molecule has 1 saturated heterocycles. The van der Waals surface area contributed by atoms with Crippen molar-refractivity contribution >= 4 is 17.4 Å². The highest BCUT2D eigenvalue weighted by Crippen LogP contribution is 2.64. The Kier molecular flexibility index (Phi) is 6.76. The van der Waals surface area contributed by atoms with Crippen LogP contribution in [0.4, 0.5) is 18.9 Å². The molecule has 1 amide bonds. The van der Waals surface area contributed by atoms with Crippen molar-refractivity contribution in [1.29, 1.82) is 0 Å². The Balaban J connectivity index is 1.41. The molecular weight excluding hydrogens is 529 g/mol. The second-order valence-corrected chi connectivity index (χ2v) is 12.7. The summed E-state index contributed by atoms with van der Waals surface area (Å²) in [6, 6.07) is 11.4. The topological polar surface area (TPSA) is 58.6 Å². The number of halogens is 3. The van der Waals surface area contributed by atoms with Gasteiger partial charge in [0.05, 0.1) is 36.8 Å². The van der Waals surface area contributed by atoms with Crippen molar-refractivity contribution in [3.05, 3.63) is 77.4 Å². The summed E-state index contributed by atoms with van der Waals surface area (Å²) in [5.41, 5.74) is 0.602. The average Bonchev–Trinajstić information content (AvgIpc) is 3.26. The molecule has 2 heterocycles. The highest BCUT2D eigenvalue weighted by Gasteiger charge is 2.67. The third-order valence-corrected chi connectivity index (χ3v) is 10.0. The number of alkyl halides is 3. The van der Waals surface area contributed by atoms with Gasteiger partial charge in [0.1, 0.15) is 17.6 Å². The molecule has 2 bridgehead atoms. The summed E-state index contributed by atoms with van der Waals surface area (Å²) >= 11 is 0. The number of amides is 1. The number of nitrogens with zero attached hydrogens (tertiary/aromatic N) is 1. The average molecular weight is 568 g/mol. The van der Waals surface area contributed by atoms with Crippen LogP contribution in [0.5, 0.6) is 5.75 Å². The van der Waals surface area contributed by atoms with Crippen molar-refractivity contribution in [2.24, 2.45) is 11.8 Å². The van der Waals surface area contributed by atoms with Crippen LogP contribution in [0.1, 0.15) is 56.2 Å². The minimum Gasteiger partial charge on any atom is -0.506 e. The number of ether oxygens (including phenoxy) is 1. The van der Waals surface area contributed by atoms with Crippen molar-refractivity contribution in [1.82, 2.24) is 0 Å². The van der Waals surface area contributed by atoms with Crippen LogP contribution in [0, 0.1) is 11.8 Å². The summed E-state index contributed by atoms with van der Waals surface area (Å²) in [6.07, 6.45) is 1.79. The largest absolute Gasteiger partial charge is 0.506 e.